The van der Waals surface area contributed by atoms with Crippen LogP contribution in [0.2, 0.25) is 0 Å². The van der Waals surface area contributed by atoms with Crippen LogP contribution in [0, 0.1) is 0 Å². The van der Waals surface area contributed by atoms with E-state index in [1.165, 1.54) is 0 Å². The Bertz CT molecular complexity index is 736. The number of para-hydroxylation sites is 2. The van der Waals surface area contributed by atoms with Gasteiger partial charge in [0.1, 0.15) is 5.82 Å². The molecular weight excluding hydrogens is 266 g/mol. The van der Waals surface area contributed by atoms with Gasteiger partial charge in [0.05, 0.1) is 23.0 Å². The van der Waals surface area contributed by atoms with E-state index < -0.39 is 0 Å². The van der Waals surface area contributed by atoms with Crippen LogP contribution in [0.4, 0.5) is 0 Å². The van der Waals surface area contributed by atoms with Gasteiger partial charge in [0.2, 0.25) is 5.89 Å². The summed E-state index contributed by atoms with van der Waals surface area (Å²) in [5, 5.41) is 7.51. The van der Waals surface area contributed by atoms with E-state index in [0.29, 0.717) is 18.1 Å². The Morgan fingerprint density at radius 3 is 3.00 bits per heavy atom. The Morgan fingerprint density at radius 1 is 1.29 bits per heavy atom. The zero-order valence-corrected chi connectivity index (χ0v) is 11.9. The number of fused-ring (bicyclic) bond motifs is 1. The van der Waals surface area contributed by atoms with Crippen LogP contribution in [0.1, 0.15) is 37.3 Å². The van der Waals surface area contributed by atoms with E-state index >= 15 is 0 Å². The summed E-state index contributed by atoms with van der Waals surface area (Å²) in [7, 11) is 0. The van der Waals surface area contributed by atoms with Crippen molar-refractivity contribution in [2.75, 3.05) is 6.54 Å². The van der Waals surface area contributed by atoms with Crippen molar-refractivity contribution in [2.24, 2.45) is 0 Å². The molecule has 108 valence electrons. The highest BCUT2D eigenvalue weighted by molar-refractivity contribution is 5.74. The highest BCUT2D eigenvalue weighted by Crippen LogP contribution is 2.28. The van der Waals surface area contributed by atoms with Gasteiger partial charge in [-0.25, -0.2) is 4.98 Å². The molecule has 2 aromatic heterocycles. The lowest BCUT2D eigenvalue weighted by atomic mass is 10.0. The van der Waals surface area contributed by atoms with Gasteiger partial charge in [-0.3, -0.25) is 0 Å². The zero-order valence-electron chi connectivity index (χ0n) is 11.9. The predicted octanol–water partition coefficient (Wildman–Crippen LogP) is 2.14. The van der Waals surface area contributed by atoms with E-state index in [1.807, 2.05) is 24.3 Å². The van der Waals surface area contributed by atoms with Crippen LogP contribution < -0.4 is 5.32 Å². The van der Waals surface area contributed by atoms with Crippen molar-refractivity contribution < 1.29 is 4.52 Å². The quantitative estimate of drug-likeness (QED) is 0.769. The van der Waals surface area contributed by atoms with E-state index in [1.54, 1.807) is 0 Å². The summed E-state index contributed by atoms with van der Waals surface area (Å²) in [6.45, 7) is 3.11. The summed E-state index contributed by atoms with van der Waals surface area (Å²) in [5.74, 6) is 2.19. The van der Waals surface area contributed by atoms with Gasteiger partial charge in [-0.2, -0.15) is 4.98 Å². The van der Waals surface area contributed by atoms with Crippen LogP contribution >= 0.6 is 0 Å². The van der Waals surface area contributed by atoms with Gasteiger partial charge in [-0.1, -0.05) is 17.3 Å². The summed E-state index contributed by atoms with van der Waals surface area (Å²) >= 11 is 0. The first-order valence-electron chi connectivity index (χ1n) is 7.25. The first-order chi connectivity index (χ1) is 10.2. The summed E-state index contributed by atoms with van der Waals surface area (Å²) in [6, 6.07) is 7.97. The molecule has 2 N–H and O–H groups in total. The number of aromatic amines is 1. The van der Waals surface area contributed by atoms with Crippen LogP contribution in [0.5, 0.6) is 0 Å². The van der Waals surface area contributed by atoms with Gasteiger partial charge < -0.3 is 14.8 Å². The summed E-state index contributed by atoms with van der Waals surface area (Å²) < 4.78 is 5.43. The van der Waals surface area contributed by atoms with Gasteiger partial charge in [-0.05, 0) is 38.4 Å². The lowest BCUT2D eigenvalue weighted by Crippen LogP contribution is -2.33. The maximum absolute atomic E-state index is 5.43. The predicted molar refractivity (Wildman–Crippen MR) is 77.8 cm³/mol. The fraction of sp³-hybridized carbons (Fsp3) is 0.400. The SMILES string of the molecule is CC1(c2nc(Cc3nc4ccccc4[nH]3)no2)CCCN1. The number of benzene rings is 1. The second kappa shape index (κ2) is 4.66. The minimum atomic E-state index is -0.181. The average molecular weight is 283 g/mol. The first kappa shape index (κ1) is 12.5. The van der Waals surface area contributed by atoms with E-state index in [-0.39, 0.29) is 5.54 Å². The Kier molecular flexibility index (Phi) is 2.78. The molecule has 0 radical (unpaired) electrons. The number of aromatic nitrogens is 4. The van der Waals surface area contributed by atoms with Crippen LogP contribution in [-0.4, -0.2) is 26.7 Å². The maximum atomic E-state index is 5.43. The molecule has 1 saturated heterocycles. The fourth-order valence-electron chi connectivity index (χ4n) is 2.87. The Morgan fingerprint density at radius 2 is 2.19 bits per heavy atom. The molecule has 6 nitrogen and oxygen atoms in total. The molecule has 1 fully saturated rings. The third-order valence-corrected chi connectivity index (χ3v) is 4.07. The Labute approximate surface area is 122 Å². The molecule has 1 aliphatic heterocycles. The van der Waals surface area contributed by atoms with Gasteiger partial charge in [0.15, 0.2) is 5.82 Å². The molecule has 1 unspecified atom stereocenters. The molecule has 6 heteroatoms. The van der Waals surface area contributed by atoms with Crippen molar-refractivity contribution in [3.8, 4) is 0 Å². The van der Waals surface area contributed by atoms with Crippen LogP contribution in [0.15, 0.2) is 28.8 Å². The monoisotopic (exact) mass is 283 g/mol. The molecule has 3 heterocycles. The smallest absolute Gasteiger partial charge is 0.246 e. The Hall–Kier alpha value is -2.21. The second-order valence-electron chi connectivity index (χ2n) is 5.76. The number of nitrogens with one attached hydrogen (secondary N) is 2. The minimum absolute atomic E-state index is 0.181. The largest absolute Gasteiger partial charge is 0.342 e. The van der Waals surface area contributed by atoms with Crippen molar-refractivity contribution in [1.29, 1.82) is 0 Å². The summed E-state index contributed by atoms with van der Waals surface area (Å²) in [5.41, 5.74) is 1.81. The highest BCUT2D eigenvalue weighted by atomic mass is 16.5. The number of nitrogens with zero attached hydrogens (tertiary/aromatic N) is 3. The van der Waals surface area contributed by atoms with Gasteiger partial charge in [-0.15, -0.1) is 0 Å². The third-order valence-electron chi connectivity index (χ3n) is 4.07. The molecule has 4 rings (SSSR count). The number of hydrogen-bond donors (Lipinski definition) is 2. The molecule has 3 aromatic rings. The summed E-state index contributed by atoms with van der Waals surface area (Å²) in [6.07, 6.45) is 2.71. The average Bonchev–Trinajstić information content (AvgIpc) is 3.18. The van der Waals surface area contributed by atoms with Crippen molar-refractivity contribution in [3.05, 3.63) is 41.8 Å². The third kappa shape index (κ3) is 2.21. The van der Waals surface area contributed by atoms with E-state index in [9.17, 15) is 0 Å². The molecule has 1 atom stereocenters. The van der Waals surface area contributed by atoms with E-state index in [4.69, 9.17) is 4.52 Å². The first-order valence-corrected chi connectivity index (χ1v) is 7.25. The van der Waals surface area contributed by atoms with Crippen LogP contribution in [-0.2, 0) is 12.0 Å². The van der Waals surface area contributed by atoms with Crippen molar-refractivity contribution in [2.45, 2.75) is 31.7 Å². The van der Waals surface area contributed by atoms with Crippen molar-refractivity contribution >= 4 is 11.0 Å². The molecule has 0 aliphatic carbocycles. The second-order valence-corrected chi connectivity index (χ2v) is 5.76. The molecule has 0 bridgehead atoms. The van der Waals surface area contributed by atoms with Gasteiger partial charge >= 0.3 is 0 Å². The lowest BCUT2D eigenvalue weighted by Gasteiger charge is -2.18. The number of imidazole rings is 1. The highest BCUT2D eigenvalue weighted by Gasteiger charge is 2.35. The molecule has 21 heavy (non-hydrogen) atoms. The molecule has 0 saturated carbocycles. The lowest BCUT2D eigenvalue weighted by molar-refractivity contribution is 0.274. The zero-order chi connectivity index (χ0) is 14.3. The minimum Gasteiger partial charge on any atom is -0.342 e. The molecule has 1 aliphatic rings. The standard InChI is InChI=1S/C15H17N5O/c1-15(7-4-8-16-15)14-19-13(20-21-14)9-12-17-10-5-2-3-6-11(10)18-12/h2-3,5-6,16H,4,7-9H2,1H3,(H,17,18). The molecule has 0 amide bonds. The molecule has 1 aromatic carbocycles. The van der Waals surface area contributed by atoms with E-state index in [2.05, 4.69) is 32.3 Å². The molecular formula is C15H17N5O. The number of rotatable bonds is 3. The normalized spacial score (nSPS) is 22.1. The van der Waals surface area contributed by atoms with Gasteiger partial charge in [0.25, 0.3) is 0 Å². The fourth-order valence-corrected chi connectivity index (χ4v) is 2.87. The van der Waals surface area contributed by atoms with Gasteiger partial charge in [0, 0.05) is 0 Å². The maximum Gasteiger partial charge on any atom is 0.246 e. The topological polar surface area (TPSA) is 79.6 Å². The number of H-pyrrole nitrogens is 1. The van der Waals surface area contributed by atoms with Crippen molar-refractivity contribution in [1.82, 2.24) is 25.4 Å². The van der Waals surface area contributed by atoms with Crippen LogP contribution in [0.25, 0.3) is 11.0 Å². The van der Waals surface area contributed by atoms with Crippen molar-refractivity contribution in [3.63, 3.8) is 0 Å². The molecule has 0 spiro atoms. The summed E-state index contributed by atoms with van der Waals surface area (Å²) in [4.78, 5) is 12.4. The number of hydrogen-bond acceptors (Lipinski definition) is 5. The van der Waals surface area contributed by atoms with Crippen LogP contribution in [0.3, 0.4) is 0 Å². The Balaban J connectivity index is 1.58. The van der Waals surface area contributed by atoms with E-state index in [0.717, 1.165) is 36.2 Å².